The van der Waals surface area contributed by atoms with E-state index in [0.29, 0.717) is 0 Å². The maximum absolute atomic E-state index is 13.1. The molecule has 0 aliphatic carbocycles. The van der Waals surface area contributed by atoms with Gasteiger partial charge in [-0.25, -0.2) is 9.38 Å². The smallest absolute Gasteiger partial charge is 0.223 e. The highest BCUT2D eigenvalue weighted by Gasteiger charge is 2.07. The molecule has 0 amide bonds. The first-order valence-electron chi connectivity index (χ1n) is 4.27. The third-order valence-corrected chi connectivity index (χ3v) is 2.25. The summed E-state index contributed by atoms with van der Waals surface area (Å²) < 4.78 is 13.3. The zero-order chi connectivity index (χ0) is 13.0. The van der Waals surface area contributed by atoms with Crippen molar-refractivity contribution in [3.05, 3.63) is 28.0 Å². The molecule has 0 aromatic heterocycles. The van der Waals surface area contributed by atoms with Crippen LogP contribution in [0.15, 0.2) is 26.6 Å². The minimum Gasteiger partial charge on any atom is -0.370 e. The Morgan fingerprint density at radius 1 is 1.35 bits per heavy atom. The molecule has 1 aromatic carbocycles. The summed E-state index contributed by atoms with van der Waals surface area (Å²) in [6.07, 6.45) is 0. The lowest BCUT2D eigenvalue weighted by atomic mass is 10.2. The van der Waals surface area contributed by atoms with Crippen molar-refractivity contribution in [3.63, 3.8) is 0 Å². The number of benzene rings is 1. The molecule has 0 radical (unpaired) electrons. The van der Waals surface area contributed by atoms with E-state index in [1.165, 1.54) is 6.07 Å². The molecule has 6 N–H and O–H groups in total. The van der Waals surface area contributed by atoms with E-state index in [9.17, 15) is 4.39 Å². The van der Waals surface area contributed by atoms with Crippen LogP contribution in [0.1, 0.15) is 5.56 Å². The second-order valence-corrected chi connectivity index (χ2v) is 3.76. The Morgan fingerprint density at radius 3 is 2.53 bits per heavy atom. The fourth-order valence-electron chi connectivity index (χ4n) is 0.999. The quantitative estimate of drug-likeness (QED) is 0.520. The Bertz CT molecular complexity index is 541. The van der Waals surface area contributed by atoms with E-state index in [0.717, 1.165) is 6.07 Å². The van der Waals surface area contributed by atoms with Gasteiger partial charge in [-0.2, -0.15) is 10.3 Å². The lowest BCUT2D eigenvalue weighted by Gasteiger charge is -2.01. The molecule has 88 valence electrons. The van der Waals surface area contributed by atoms with Crippen LogP contribution in [0.5, 0.6) is 0 Å². The van der Waals surface area contributed by atoms with Crippen molar-refractivity contribution >= 4 is 33.5 Å². The number of guanidine groups is 2. The summed E-state index contributed by atoms with van der Waals surface area (Å²) in [5, 5.41) is 8.80. The maximum Gasteiger partial charge on any atom is 0.223 e. The van der Waals surface area contributed by atoms with Crippen molar-refractivity contribution in [2.75, 3.05) is 0 Å². The fraction of sp³-hybridized carbons (Fsp3) is 0. The number of rotatable bonds is 1. The van der Waals surface area contributed by atoms with Crippen molar-refractivity contribution in [1.29, 1.82) is 5.26 Å². The molecule has 0 atom stereocenters. The van der Waals surface area contributed by atoms with Gasteiger partial charge in [0.2, 0.25) is 5.96 Å². The summed E-state index contributed by atoms with van der Waals surface area (Å²) in [7, 11) is 0. The minimum absolute atomic E-state index is 0.0273. The second kappa shape index (κ2) is 5.27. The van der Waals surface area contributed by atoms with E-state index in [2.05, 4.69) is 25.9 Å². The van der Waals surface area contributed by atoms with Crippen LogP contribution >= 0.6 is 15.9 Å². The molecule has 0 bridgehead atoms. The number of nitrogens with two attached hydrogens (primary N) is 3. The van der Waals surface area contributed by atoms with Gasteiger partial charge in [-0.15, -0.1) is 0 Å². The lowest BCUT2D eigenvalue weighted by Crippen LogP contribution is -2.26. The van der Waals surface area contributed by atoms with Crippen molar-refractivity contribution < 1.29 is 4.39 Å². The Labute approximate surface area is 105 Å². The van der Waals surface area contributed by atoms with Crippen molar-refractivity contribution in [2.45, 2.75) is 0 Å². The molecule has 0 saturated carbocycles. The van der Waals surface area contributed by atoms with Gasteiger partial charge in [0.15, 0.2) is 5.96 Å². The number of hydrogen-bond acceptors (Lipinski definition) is 2. The summed E-state index contributed by atoms with van der Waals surface area (Å²) >= 11 is 2.97. The second-order valence-electron chi connectivity index (χ2n) is 2.90. The molecule has 0 saturated heterocycles. The van der Waals surface area contributed by atoms with E-state index >= 15 is 0 Å². The topological polar surface area (TPSA) is 127 Å². The third kappa shape index (κ3) is 3.42. The third-order valence-electron chi connectivity index (χ3n) is 1.64. The van der Waals surface area contributed by atoms with Crippen LogP contribution in [0, 0.1) is 17.1 Å². The van der Waals surface area contributed by atoms with Gasteiger partial charge in [-0.1, -0.05) is 0 Å². The van der Waals surface area contributed by atoms with Crippen LogP contribution in [-0.4, -0.2) is 11.9 Å². The van der Waals surface area contributed by atoms with E-state index in [4.69, 9.17) is 22.5 Å². The van der Waals surface area contributed by atoms with Crippen LogP contribution in [0.4, 0.5) is 10.1 Å². The summed E-state index contributed by atoms with van der Waals surface area (Å²) in [6.45, 7) is 0. The Morgan fingerprint density at radius 2 is 2.00 bits per heavy atom. The highest BCUT2D eigenvalue weighted by molar-refractivity contribution is 9.10. The Balaban J connectivity index is 3.28. The first-order chi connectivity index (χ1) is 7.93. The van der Waals surface area contributed by atoms with Crippen LogP contribution < -0.4 is 17.2 Å². The van der Waals surface area contributed by atoms with Gasteiger partial charge in [0.1, 0.15) is 11.9 Å². The van der Waals surface area contributed by atoms with E-state index in [-0.39, 0.29) is 27.6 Å². The average Bonchev–Trinajstić information content (AvgIpc) is 2.21. The Kier molecular flexibility index (Phi) is 4.01. The number of hydrogen-bond donors (Lipinski definition) is 3. The molecule has 6 nitrogen and oxygen atoms in total. The van der Waals surface area contributed by atoms with Gasteiger partial charge in [0, 0.05) is 0 Å². The van der Waals surface area contributed by atoms with Crippen LogP contribution in [0.2, 0.25) is 0 Å². The molecule has 0 heterocycles. The van der Waals surface area contributed by atoms with E-state index in [1.807, 2.05) is 0 Å². The summed E-state index contributed by atoms with van der Waals surface area (Å²) in [6, 6.07) is 4.13. The number of nitriles is 1. The van der Waals surface area contributed by atoms with Gasteiger partial charge in [-0.05, 0) is 28.1 Å². The predicted octanol–water partition coefficient (Wildman–Crippen LogP) is 0.679. The summed E-state index contributed by atoms with van der Waals surface area (Å²) in [5.74, 6) is -1.05. The lowest BCUT2D eigenvalue weighted by molar-refractivity contribution is 0.621. The zero-order valence-electron chi connectivity index (χ0n) is 8.48. The monoisotopic (exact) mass is 298 g/mol. The number of nitrogens with zero attached hydrogens (tertiary/aromatic N) is 3. The molecule has 0 aliphatic rings. The van der Waals surface area contributed by atoms with Gasteiger partial charge in [0.25, 0.3) is 0 Å². The highest BCUT2D eigenvalue weighted by atomic mass is 79.9. The molecule has 0 spiro atoms. The maximum atomic E-state index is 13.1. The van der Waals surface area contributed by atoms with Gasteiger partial charge in [-0.3, -0.25) is 0 Å². The largest absolute Gasteiger partial charge is 0.370 e. The van der Waals surface area contributed by atoms with Gasteiger partial charge >= 0.3 is 0 Å². The molecule has 8 heteroatoms. The molecule has 17 heavy (non-hydrogen) atoms. The van der Waals surface area contributed by atoms with Crippen LogP contribution in [0.3, 0.4) is 0 Å². The van der Waals surface area contributed by atoms with Crippen LogP contribution in [0.25, 0.3) is 0 Å². The molecule has 1 rings (SSSR count). The number of aliphatic imine (C=N–C) groups is 2. The molecular weight excluding hydrogens is 291 g/mol. The molecular formula is C9H8BrFN6. The van der Waals surface area contributed by atoms with E-state index in [1.54, 1.807) is 6.07 Å². The standard InChI is InChI=1S/C9H8BrFN6/c10-5-2-7(4(3-12)1-6(5)11)16-9(15)17-8(13)14/h1-2H,(H6,13,14,15,16,17). The molecule has 1 aromatic rings. The summed E-state index contributed by atoms with van der Waals surface area (Å²) in [5.41, 5.74) is 15.8. The summed E-state index contributed by atoms with van der Waals surface area (Å²) in [4.78, 5) is 7.28. The minimum atomic E-state index is -0.569. The normalized spacial score (nSPS) is 10.8. The zero-order valence-corrected chi connectivity index (χ0v) is 10.1. The van der Waals surface area contributed by atoms with Crippen molar-refractivity contribution in [3.8, 4) is 6.07 Å². The molecule has 0 fully saturated rings. The first-order valence-corrected chi connectivity index (χ1v) is 5.06. The Hall–Kier alpha value is -2.14. The van der Waals surface area contributed by atoms with Crippen molar-refractivity contribution in [1.82, 2.24) is 0 Å². The van der Waals surface area contributed by atoms with Crippen LogP contribution in [-0.2, 0) is 0 Å². The van der Waals surface area contributed by atoms with Gasteiger partial charge < -0.3 is 17.2 Å². The van der Waals surface area contributed by atoms with E-state index < -0.39 is 5.82 Å². The average molecular weight is 299 g/mol. The van der Waals surface area contributed by atoms with Crippen molar-refractivity contribution in [2.24, 2.45) is 27.2 Å². The number of halogens is 2. The van der Waals surface area contributed by atoms with Gasteiger partial charge in [0.05, 0.1) is 15.7 Å². The molecule has 0 aliphatic heterocycles. The SMILES string of the molecule is N#Cc1cc(F)c(Br)cc1N=C(N)N=C(N)N. The fourth-order valence-corrected chi connectivity index (χ4v) is 1.33. The molecule has 0 unspecified atom stereocenters. The predicted molar refractivity (Wildman–Crippen MR) is 65.9 cm³/mol. The highest BCUT2D eigenvalue weighted by Crippen LogP contribution is 2.26. The first kappa shape index (κ1) is 12.9.